The molecular formula is C25H24N2O3. The van der Waals surface area contributed by atoms with E-state index in [2.05, 4.69) is 29.4 Å². The Kier molecular flexibility index (Phi) is 5.80. The van der Waals surface area contributed by atoms with Gasteiger partial charge in [-0.05, 0) is 66.9 Å². The Bertz CT molecular complexity index is 1160. The monoisotopic (exact) mass is 400 g/mol. The van der Waals surface area contributed by atoms with Crippen molar-refractivity contribution in [3.05, 3.63) is 89.3 Å². The first-order chi connectivity index (χ1) is 14.6. The van der Waals surface area contributed by atoms with Crippen LogP contribution in [0.25, 0.3) is 11.1 Å². The second kappa shape index (κ2) is 8.82. The van der Waals surface area contributed by atoms with Crippen molar-refractivity contribution >= 4 is 22.7 Å². The highest BCUT2D eigenvalue weighted by atomic mass is 16.5. The third kappa shape index (κ3) is 4.51. The Morgan fingerprint density at radius 3 is 2.57 bits per heavy atom. The topological polar surface area (TPSA) is 64.4 Å². The maximum Gasteiger partial charge on any atom is 0.255 e. The molecule has 3 aromatic carbocycles. The number of rotatable bonds is 7. The number of amides is 1. The van der Waals surface area contributed by atoms with Crippen LogP contribution in [-0.4, -0.2) is 17.5 Å². The summed E-state index contributed by atoms with van der Waals surface area (Å²) in [5, 5.41) is 2.92. The minimum atomic E-state index is -0.171. The number of benzene rings is 3. The second-order valence-electron chi connectivity index (χ2n) is 7.05. The largest absolute Gasteiger partial charge is 0.494 e. The summed E-state index contributed by atoms with van der Waals surface area (Å²) in [5.41, 5.74) is 5.30. The van der Waals surface area contributed by atoms with E-state index in [9.17, 15) is 4.79 Å². The van der Waals surface area contributed by atoms with Gasteiger partial charge in [0.05, 0.1) is 6.61 Å². The van der Waals surface area contributed by atoms with Crippen LogP contribution >= 0.6 is 0 Å². The second-order valence-corrected chi connectivity index (χ2v) is 7.05. The lowest BCUT2D eigenvalue weighted by Crippen LogP contribution is -2.12. The van der Waals surface area contributed by atoms with Crippen LogP contribution in [0, 0.1) is 0 Å². The van der Waals surface area contributed by atoms with E-state index < -0.39 is 0 Å². The molecule has 0 spiro atoms. The number of nitrogens with zero attached hydrogens (tertiary/aromatic N) is 1. The smallest absolute Gasteiger partial charge is 0.255 e. The van der Waals surface area contributed by atoms with E-state index in [4.69, 9.17) is 9.15 Å². The standard InChI is InChI=1S/C25H24N2O3/c1-3-17-10-13-23-22(14-17)27-24(30-23)15-18-8-11-20(12-9-18)26-25(28)19-6-5-7-21(16-19)29-4-2/h5-14,16H,3-4,15H2,1-2H3,(H,26,28). The first kappa shape index (κ1) is 19.7. The van der Waals surface area contributed by atoms with E-state index in [-0.39, 0.29) is 5.91 Å². The van der Waals surface area contributed by atoms with Crippen molar-refractivity contribution in [3.8, 4) is 5.75 Å². The summed E-state index contributed by atoms with van der Waals surface area (Å²) in [6.07, 6.45) is 1.57. The maximum absolute atomic E-state index is 12.5. The zero-order valence-electron chi connectivity index (χ0n) is 17.1. The summed E-state index contributed by atoms with van der Waals surface area (Å²) in [6.45, 7) is 4.60. The van der Waals surface area contributed by atoms with E-state index in [1.54, 1.807) is 12.1 Å². The first-order valence-corrected chi connectivity index (χ1v) is 10.2. The van der Waals surface area contributed by atoms with E-state index in [0.717, 1.165) is 28.8 Å². The number of carbonyl (C=O) groups excluding carboxylic acids is 1. The van der Waals surface area contributed by atoms with Gasteiger partial charge in [0.2, 0.25) is 0 Å². The van der Waals surface area contributed by atoms with Gasteiger partial charge in [-0.15, -0.1) is 0 Å². The van der Waals surface area contributed by atoms with Crippen LogP contribution in [0.15, 0.2) is 71.1 Å². The maximum atomic E-state index is 12.5. The molecule has 0 atom stereocenters. The molecule has 4 aromatic rings. The number of hydrogen-bond acceptors (Lipinski definition) is 4. The van der Waals surface area contributed by atoms with Gasteiger partial charge in [-0.3, -0.25) is 4.79 Å². The predicted octanol–water partition coefficient (Wildman–Crippen LogP) is 5.63. The Morgan fingerprint density at radius 1 is 1.00 bits per heavy atom. The number of anilines is 1. The molecule has 5 nitrogen and oxygen atoms in total. The molecule has 0 saturated heterocycles. The molecule has 30 heavy (non-hydrogen) atoms. The molecule has 0 bridgehead atoms. The van der Waals surface area contributed by atoms with E-state index in [1.807, 2.05) is 49.4 Å². The number of fused-ring (bicyclic) bond motifs is 1. The summed E-state index contributed by atoms with van der Waals surface area (Å²) in [5.74, 6) is 1.20. The van der Waals surface area contributed by atoms with Gasteiger partial charge in [0.25, 0.3) is 5.91 Å². The van der Waals surface area contributed by atoms with Crippen molar-refractivity contribution in [1.82, 2.24) is 4.98 Å². The van der Waals surface area contributed by atoms with E-state index in [1.165, 1.54) is 5.56 Å². The van der Waals surface area contributed by atoms with Gasteiger partial charge in [0, 0.05) is 17.7 Å². The van der Waals surface area contributed by atoms with E-state index >= 15 is 0 Å². The molecule has 0 aliphatic rings. The van der Waals surface area contributed by atoms with Crippen molar-refractivity contribution in [1.29, 1.82) is 0 Å². The van der Waals surface area contributed by atoms with Gasteiger partial charge < -0.3 is 14.5 Å². The van der Waals surface area contributed by atoms with Crippen LogP contribution in [0.2, 0.25) is 0 Å². The number of carbonyl (C=O) groups is 1. The van der Waals surface area contributed by atoms with Gasteiger partial charge in [-0.2, -0.15) is 0 Å². The van der Waals surface area contributed by atoms with Crippen LogP contribution < -0.4 is 10.1 Å². The molecule has 1 heterocycles. The van der Waals surface area contributed by atoms with Crippen LogP contribution in [0.3, 0.4) is 0 Å². The number of oxazole rings is 1. The quantitative estimate of drug-likeness (QED) is 0.436. The van der Waals surface area contributed by atoms with Gasteiger partial charge in [0.1, 0.15) is 11.3 Å². The van der Waals surface area contributed by atoms with Crippen molar-refractivity contribution in [2.24, 2.45) is 0 Å². The zero-order chi connectivity index (χ0) is 20.9. The predicted molar refractivity (Wildman–Crippen MR) is 118 cm³/mol. The fraction of sp³-hybridized carbons (Fsp3) is 0.200. The number of hydrogen-bond donors (Lipinski definition) is 1. The van der Waals surface area contributed by atoms with E-state index in [0.29, 0.717) is 30.2 Å². The Labute approximate surface area is 175 Å². The normalized spacial score (nSPS) is 10.9. The van der Waals surface area contributed by atoms with Gasteiger partial charge in [-0.1, -0.05) is 31.2 Å². The highest BCUT2D eigenvalue weighted by molar-refractivity contribution is 6.04. The Morgan fingerprint density at radius 2 is 1.80 bits per heavy atom. The van der Waals surface area contributed by atoms with Crippen LogP contribution in [0.1, 0.15) is 41.2 Å². The minimum absolute atomic E-state index is 0.171. The molecular weight excluding hydrogens is 376 g/mol. The fourth-order valence-electron chi connectivity index (χ4n) is 3.29. The molecule has 1 aromatic heterocycles. The van der Waals surface area contributed by atoms with Gasteiger partial charge in [0.15, 0.2) is 11.5 Å². The Hall–Kier alpha value is -3.60. The van der Waals surface area contributed by atoms with Gasteiger partial charge in [-0.25, -0.2) is 4.98 Å². The van der Waals surface area contributed by atoms with Crippen molar-refractivity contribution in [2.45, 2.75) is 26.7 Å². The molecule has 5 heteroatoms. The third-order valence-corrected chi connectivity index (χ3v) is 4.88. The molecule has 0 fully saturated rings. The number of nitrogens with one attached hydrogen (secondary N) is 1. The highest BCUT2D eigenvalue weighted by Crippen LogP contribution is 2.21. The number of ether oxygens (including phenoxy) is 1. The molecule has 1 N–H and O–H groups in total. The summed E-state index contributed by atoms with van der Waals surface area (Å²) >= 11 is 0. The highest BCUT2D eigenvalue weighted by Gasteiger charge is 2.09. The van der Waals surface area contributed by atoms with Crippen LogP contribution in [0.4, 0.5) is 5.69 Å². The van der Waals surface area contributed by atoms with Gasteiger partial charge >= 0.3 is 0 Å². The van der Waals surface area contributed by atoms with Crippen molar-refractivity contribution in [2.75, 3.05) is 11.9 Å². The lowest BCUT2D eigenvalue weighted by Gasteiger charge is -2.08. The average molecular weight is 400 g/mol. The lowest BCUT2D eigenvalue weighted by atomic mass is 10.1. The molecule has 0 aliphatic carbocycles. The zero-order valence-corrected chi connectivity index (χ0v) is 17.1. The summed E-state index contributed by atoms with van der Waals surface area (Å²) in [6, 6.07) is 21.0. The summed E-state index contributed by atoms with van der Waals surface area (Å²) < 4.78 is 11.3. The minimum Gasteiger partial charge on any atom is -0.494 e. The molecule has 0 aliphatic heterocycles. The molecule has 152 valence electrons. The molecule has 4 rings (SSSR count). The number of aromatic nitrogens is 1. The van der Waals surface area contributed by atoms with Crippen LogP contribution in [-0.2, 0) is 12.8 Å². The number of aryl methyl sites for hydroxylation is 1. The SMILES string of the molecule is CCOc1cccc(C(=O)Nc2ccc(Cc3nc4cc(CC)ccc4o3)cc2)c1. The van der Waals surface area contributed by atoms with Crippen molar-refractivity contribution < 1.29 is 13.9 Å². The molecule has 0 saturated carbocycles. The molecule has 0 unspecified atom stereocenters. The summed E-state index contributed by atoms with van der Waals surface area (Å²) in [7, 11) is 0. The Balaban J connectivity index is 1.42. The first-order valence-electron chi connectivity index (χ1n) is 10.2. The molecule has 1 amide bonds. The average Bonchev–Trinajstić information content (AvgIpc) is 3.17. The van der Waals surface area contributed by atoms with Crippen LogP contribution in [0.5, 0.6) is 5.75 Å². The fourth-order valence-corrected chi connectivity index (χ4v) is 3.29. The lowest BCUT2D eigenvalue weighted by molar-refractivity contribution is 0.102. The third-order valence-electron chi connectivity index (χ3n) is 4.88. The molecule has 0 radical (unpaired) electrons. The summed E-state index contributed by atoms with van der Waals surface area (Å²) in [4.78, 5) is 17.1. The van der Waals surface area contributed by atoms with Crippen molar-refractivity contribution in [3.63, 3.8) is 0 Å².